The number of amides is 2. The fraction of sp³-hybridized carbons (Fsp3) is 0.364. The molecule has 32 heavy (non-hydrogen) atoms. The van der Waals surface area contributed by atoms with Crippen LogP contribution in [0.1, 0.15) is 27.7 Å². The molecular formula is C22H27N5O4S. The van der Waals surface area contributed by atoms with Crippen LogP contribution in [-0.4, -0.2) is 34.6 Å². The van der Waals surface area contributed by atoms with Gasteiger partial charge in [-0.2, -0.15) is 5.26 Å². The van der Waals surface area contributed by atoms with E-state index in [-0.39, 0.29) is 41.4 Å². The second kappa shape index (κ2) is 10.7. The van der Waals surface area contributed by atoms with Gasteiger partial charge in [0.2, 0.25) is 5.91 Å². The first kappa shape index (κ1) is 24.8. The molecule has 9 nitrogen and oxygen atoms in total. The van der Waals surface area contributed by atoms with Crippen LogP contribution in [0.3, 0.4) is 0 Å². The highest BCUT2D eigenvalue weighted by Gasteiger charge is 2.21. The lowest BCUT2D eigenvalue weighted by Crippen LogP contribution is -2.35. The number of aromatic nitrogens is 1. The molecule has 0 aliphatic carbocycles. The van der Waals surface area contributed by atoms with Gasteiger partial charge in [0.25, 0.3) is 11.5 Å². The van der Waals surface area contributed by atoms with E-state index in [0.29, 0.717) is 15.9 Å². The second-order valence-corrected chi connectivity index (χ2v) is 8.89. The Balaban J connectivity index is 2.41. The van der Waals surface area contributed by atoms with Crippen molar-refractivity contribution >= 4 is 46.3 Å². The van der Waals surface area contributed by atoms with Crippen LogP contribution < -0.4 is 30.7 Å². The van der Waals surface area contributed by atoms with Crippen molar-refractivity contribution in [2.75, 3.05) is 23.8 Å². The predicted molar refractivity (Wildman–Crippen MR) is 125 cm³/mol. The Morgan fingerprint density at radius 3 is 2.56 bits per heavy atom. The molecule has 2 rings (SSSR count). The SMILES string of the molecule is CCn1c(=O)/c(=C\Nc2cccc(NC(=O)C(C)(C)C)c2)s/c1=C(/C#N)C(=O)NCCO. The van der Waals surface area contributed by atoms with E-state index in [2.05, 4.69) is 16.0 Å². The van der Waals surface area contributed by atoms with Crippen LogP contribution in [0.15, 0.2) is 29.1 Å². The Morgan fingerprint density at radius 1 is 1.28 bits per heavy atom. The molecule has 10 heteroatoms. The van der Waals surface area contributed by atoms with Crippen molar-refractivity contribution < 1.29 is 14.7 Å². The topological polar surface area (TPSA) is 136 Å². The number of nitrogens with one attached hydrogen (secondary N) is 3. The van der Waals surface area contributed by atoms with E-state index >= 15 is 0 Å². The van der Waals surface area contributed by atoms with Gasteiger partial charge in [-0.15, -0.1) is 11.3 Å². The van der Waals surface area contributed by atoms with E-state index in [4.69, 9.17) is 5.11 Å². The van der Waals surface area contributed by atoms with Crippen LogP contribution in [0.2, 0.25) is 0 Å². The molecule has 0 aliphatic rings. The first-order chi connectivity index (χ1) is 15.1. The molecule has 0 spiro atoms. The zero-order valence-corrected chi connectivity index (χ0v) is 19.3. The Hall–Kier alpha value is -3.42. The first-order valence-electron chi connectivity index (χ1n) is 10.0. The highest BCUT2D eigenvalue weighted by atomic mass is 32.1. The normalized spacial score (nSPS) is 12.7. The summed E-state index contributed by atoms with van der Waals surface area (Å²) in [6.07, 6.45) is 1.51. The standard InChI is InChI=1S/C22H27N5O4S/c1-5-27-19(30)17(32-20(27)16(12-23)18(29)24-9-10-28)13-25-14-7-6-8-15(11-14)26-21(31)22(2,3)4/h6-8,11,13,25,28H,5,9-10H2,1-4H3,(H,24,29)(H,26,31)/b17-13+,20-16-. The summed E-state index contributed by atoms with van der Waals surface area (Å²) >= 11 is 1.02. The minimum atomic E-state index is -0.646. The third-order valence-corrected chi connectivity index (χ3v) is 5.48. The van der Waals surface area contributed by atoms with Gasteiger partial charge in [0.05, 0.1) is 6.61 Å². The molecule has 2 aromatic rings. The Kier molecular flexibility index (Phi) is 8.34. The molecule has 0 aliphatic heterocycles. The molecular weight excluding hydrogens is 430 g/mol. The van der Waals surface area contributed by atoms with E-state index in [1.54, 1.807) is 31.2 Å². The maximum atomic E-state index is 12.8. The maximum absolute atomic E-state index is 12.8. The summed E-state index contributed by atoms with van der Waals surface area (Å²) in [6, 6.07) is 8.91. The third-order valence-electron chi connectivity index (χ3n) is 4.35. The van der Waals surface area contributed by atoms with Crippen LogP contribution in [0.4, 0.5) is 11.4 Å². The van der Waals surface area contributed by atoms with Crippen molar-refractivity contribution in [2.24, 2.45) is 5.41 Å². The van der Waals surface area contributed by atoms with Crippen molar-refractivity contribution in [3.05, 3.63) is 43.8 Å². The number of carbonyl (C=O) groups is 2. The molecule has 0 fully saturated rings. The van der Waals surface area contributed by atoms with Crippen LogP contribution in [-0.2, 0) is 16.1 Å². The number of nitrogens with zero attached hydrogens (tertiary/aromatic N) is 2. The Labute approximate surface area is 189 Å². The smallest absolute Gasteiger partial charge is 0.270 e. The number of anilines is 2. The number of nitriles is 1. The van der Waals surface area contributed by atoms with Crippen LogP contribution >= 0.6 is 11.3 Å². The number of carbonyl (C=O) groups excluding carboxylic acids is 2. The molecule has 4 N–H and O–H groups in total. The molecule has 0 bridgehead atoms. The number of rotatable bonds is 7. The Morgan fingerprint density at radius 2 is 1.97 bits per heavy atom. The van der Waals surface area contributed by atoms with E-state index in [1.165, 1.54) is 10.8 Å². The molecule has 0 saturated heterocycles. The number of aliphatic hydroxyl groups is 1. The maximum Gasteiger partial charge on any atom is 0.270 e. The molecule has 0 radical (unpaired) electrons. The molecule has 1 aromatic carbocycles. The molecule has 1 aromatic heterocycles. The van der Waals surface area contributed by atoms with E-state index in [0.717, 1.165) is 11.3 Å². The molecule has 2 amide bonds. The summed E-state index contributed by atoms with van der Waals surface area (Å²) in [6.45, 7) is 7.25. The van der Waals surface area contributed by atoms with Gasteiger partial charge in [0.1, 0.15) is 15.3 Å². The summed E-state index contributed by atoms with van der Waals surface area (Å²) in [7, 11) is 0. The van der Waals surface area contributed by atoms with Gasteiger partial charge in [-0.05, 0) is 25.1 Å². The number of hydrogen-bond acceptors (Lipinski definition) is 7. The van der Waals surface area contributed by atoms with Crippen molar-refractivity contribution in [3.8, 4) is 6.07 Å². The van der Waals surface area contributed by atoms with E-state index in [1.807, 2.05) is 26.8 Å². The summed E-state index contributed by atoms with van der Waals surface area (Å²) in [5.74, 6) is -0.766. The number of benzene rings is 1. The van der Waals surface area contributed by atoms with Crippen LogP contribution in [0, 0.1) is 16.7 Å². The van der Waals surface area contributed by atoms with E-state index < -0.39 is 11.3 Å². The summed E-state index contributed by atoms with van der Waals surface area (Å²) < 4.78 is 1.92. The van der Waals surface area contributed by atoms with Gasteiger partial charge < -0.3 is 21.1 Å². The van der Waals surface area contributed by atoms with Gasteiger partial charge >= 0.3 is 0 Å². The van der Waals surface area contributed by atoms with Gasteiger partial charge in [-0.25, -0.2) is 0 Å². The first-order valence-corrected chi connectivity index (χ1v) is 10.8. The van der Waals surface area contributed by atoms with Crippen LogP contribution in [0.5, 0.6) is 0 Å². The largest absolute Gasteiger partial charge is 0.395 e. The monoisotopic (exact) mass is 457 g/mol. The lowest BCUT2D eigenvalue weighted by Gasteiger charge is -2.18. The highest BCUT2D eigenvalue weighted by Crippen LogP contribution is 2.19. The van der Waals surface area contributed by atoms with Gasteiger partial charge in [0, 0.05) is 36.1 Å². The lowest BCUT2D eigenvalue weighted by atomic mass is 9.95. The minimum Gasteiger partial charge on any atom is -0.395 e. The van der Waals surface area contributed by atoms with Crippen molar-refractivity contribution in [1.29, 1.82) is 5.26 Å². The van der Waals surface area contributed by atoms with Gasteiger partial charge in [0.15, 0.2) is 5.57 Å². The average molecular weight is 458 g/mol. The summed E-state index contributed by atoms with van der Waals surface area (Å²) in [4.78, 5) is 37.2. The minimum absolute atomic E-state index is 0.00831. The van der Waals surface area contributed by atoms with Crippen molar-refractivity contribution in [3.63, 3.8) is 0 Å². The number of thiazole rings is 1. The predicted octanol–water partition coefficient (Wildman–Crippen LogP) is 0.547. The second-order valence-electron chi connectivity index (χ2n) is 7.86. The fourth-order valence-corrected chi connectivity index (χ4v) is 3.69. The highest BCUT2D eigenvalue weighted by molar-refractivity contribution is 7.07. The average Bonchev–Trinajstić information content (AvgIpc) is 3.05. The van der Waals surface area contributed by atoms with Crippen LogP contribution in [0.25, 0.3) is 11.8 Å². The van der Waals surface area contributed by atoms with E-state index in [9.17, 15) is 19.6 Å². The van der Waals surface area contributed by atoms with Gasteiger partial charge in [-0.3, -0.25) is 19.0 Å². The van der Waals surface area contributed by atoms with Gasteiger partial charge in [-0.1, -0.05) is 26.8 Å². The molecule has 0 saturated carbocycles. The number of hydrogen-bond donors (Lipinski definition) is 4. The fourth-order valence-electron chi connectivity index (χ4n) is 2.60. The quantitative estimate of drug-likeness (QED) is 0.479. The number of aliphatic hydroxyl groups excluding tert-OH is 1. The molecule has 0 unspecified atom stereocenters. The molecule has 1 heterocycles. The lowest BCUT2D eigenvalue weighted by molar-refractivity contribution is -0.123. The Bertz CT molecular complexity index is 1210. The third kappa shape index (κ3) is 6.06. The van der Waals surface area contributed by atoms with Crippen molar-refractivity contribution in [2.45, 2.75) is 34.2 Å². The zero-order valence-electron chi connectivity index (χ0n) is 18.5. The summed E-state index contributed by atoms with van der Waals surface area (Å²) in [5, 5.41) is 26.7. The summed E-state index contributed by atoms with van der Waals surface area (Å²) in [5.41, 5.74) is 0.210. The van der Waals surface area contributed by atoms with Crippen molar-refractivity contribution in [1.82, 2.24) is 9.88 Å². The zero-order chi connectivity index (χ0) is 23.9. The molecule has 0 atom stereocenters. The molecule has 170 valence electrons.